The van der Waals surface area contributed by atoms with Crippen molar-refractivity contribution < 1.29 is 0 Å². The largest absolute Gasteiger partial charge is 0.329 e. The lowest BCUT2D eigenvalue weighted by atomic mass is 9.98. The van der Waals surface area contributed by atoms with Crippen molar-refractivity contribution in [2.45, 2.75) is 12.8 Å². The fourth-order valence-corrected chi connectivity index (χ4v) is 3.19. The fourth-order valence-electron chi connectivity index (χ4n) is 2.96. The lowest BCUT2D eigenvalue weighted by Crippen LogP contribution is -2.11. The smallest absolute Gasteiger partial charge is 0.251 e. The lowest BCUT2D eigenvalue weighted by molar-refractivity contribution is 0.881. The first kappa shape index (κ1) is 17.2. The van der Waals surface area contributed by atoms with E-state index in [4.69, 9.17) is 11.6 Å². The number of H-pyrrole nitrogens is 2. The fraction of sp³-hybridized carbons (Fsp3) is 0.100. The average Bonchev–Trinajstić information content (AvgIpc) is 3.19. The Labute approximate surface area is 160 Å². The Morgan fingerprint density at radius 2 is 1.78 bits per heavy atom. The van der Waals surface area contributed by atoms with Crippen molar-refractivity contribution >= 4 is 11.6 Å². The molecule has 7 heteroatoms. The molecular weight excluding hydrogens is 362 g/mol. The number of nitrogens with one attached hydrogen (secondary N) is 2. The van der Waals surface area contributed by atoms with Gasteiger partial charge in [0.15, 0.2) is 5.82 Å². The Morgan fingerprint density at radius 3 is 2.52 bits per heavy atom. The number of aromatic nitrogens is 5. The molecule has 4 aromatic rings. The number of halogens is 1. The van der Waals surface area contributed by atoms with E-state index >= 15 is 0 Å². The number of rotatable bonds is 5. The summed E-state index contributed by atoms with van der Waals surface area (Å²) in [5.74, 6) is 0.649. The van der Waals surface area contributed by atoms with Crippen LogP contribution in [0.1, 0.15) is 22.5 Å². The minimum atomic E-state index is -0.0696. The molecule has 134 valence electrons. The van der Waals surface area contributed by atoms with Gasteiger partial charge in [0, 0.05) is 35.2 Å². The second kappa shape index (κ2) is 7.55. The molecule has 0 aliphatic heterocycles. The minimum Gasteiger partial charge on any atom is -0.329 e. The van der Waals surface area contributed by atoms with Crippen LogP contribution in [0.25, 0.3) is 11.1 Å². The molecule has 2 heterocycles. The summed E-state index contributed by atoms with van der Waals surface area (Å²) in [5.41, 5.74) is 4.72. The zero-order chi connectivity index (χ0) is 18.6. The van der Waals surface area contributed by atoms with E-state index in [2.05, 4.69) is 25.6 Å². The number of hydrogen-bond acceptors (Lipinski definition) is 4. The zero-order valence-corrected chi connectivity index (χ0v) is 15.1. The van der Waals surface area contributed by atoms with E-state index in [1.54, 1.807) is 6.20 Å². The van der Waals surface area contributed by atoms with Gasteiger partial charge in [0.2, 0.25) is 0 Å². The first-order valence-corrected chi connectivity index (χ1v) is 8.83. The van der Waals surface area contributed by atoms with Crippen LogP contribution in [0.3, 0.4) is 0 Å². The van der Waals surface area contributed by atoms with Crippen molar-refractivity contribution in [1.29, 1.82) is 0 Å². The zero-order valence-electron chi connectivity index (χ0n) is 14.3. The number of benzene rings is 2. The first-order chi connectivity index (χ1) is 13.2. The third-order valence-electron chi connectivity index (χ3n) is 4.34. The molecule has 0 spiro atoms. The second-order valence-corrected chi connectivity index (χ2v) is 6.62. The number of hydrogen-bond donors (Lipinski definition) is 2. The highest BCUT2D eigenvalue weighted by Crippen LogP contribution is 2.30. The summed E-state index contributed by atoms with van der Waals surface area (Å²) in [4.78, 5) is 14.6. The average molecular weight is 378 g/mol. The van der Waals surface area contributed by atoms with Crippen LogP contribution in [0.2, 0.25) is 5.02 Å². The van der Waals surface area contributed by atoms with Gasteiger partial charge in [0.25, 0.3) is 5.56 Å². The topological polar surface area (TPSA) is 87.3 Å². The Balaban J connectivity index is 1.59. The molecular formula is C20H16ClN5O. The van der Waals surface area contributed by atoms with Gasteiger partial charge in [-0.15, -0.1) is 10.2 Å². The highest BCUT2D eigenvalue weighted by atomic mass is 35.5. The maximum atomic E-state index is 11.9. The van der Waals surface area contributed by atoms with E-state index in [1.807, 2.05) is 54.6 Å². The monoisotopic (exact) mass is 377 g/mol. The number of nitrogens with zero attached hydrogens (tertiary/aromatic N) is 3. The van der Waals surface area contributed by atoms with Crippen LogP contribution >= 0.6 is 11.6 Å². The third kappa shape index (κ3) is 3.96. The predicted molar refractivity (Wildman–Crippen MR) is 104 cm³/mol. The predicted octanol–water partition coefficient (Wildman–Crippen LogP) is 3.39. The van der Waals surface area contributed by atoms with Crippen molar-refractivity contribution in [3.8, 4) is 11.1 Å². The maximum Gasteiger partial charge on any atom is 0.251 e. The summed E-state index contributed by atoms with van der Waals surface area (Å²) in [5, 5.41) is 14.6. The van der Waals surface area contributed by atoms with Crippen LogP contribution in [0, 0.1) is 0 Å². The second-order valence-electron chi connectivity index (χ2n) is 6.22. The van der Waals surface area contributed by atoms with E-state index in [1.165, 1.54) is 0 Å². The SMILES string of the molecule is O=c1[nH]cccc1Cc1ccc(Cl)c(-c2ccc(Cc3nn[nH]n3)cc2)c1. The third-order valence-corrected chi connectivity index (χ3v) is 4.67. The van der Waals surface area contributed by atoms with Crippen molar-refractivity contribution in [1.82, 2.24) is 25.6 Å². The number of aromatic amines is 2. The summed E-state index contributed by atoms with van der Waals surface area (Å²) in [7, 11) is 0. The van der Waals surface area contributed by atoms with Crippen molar-refractivity contribution in [3.63, 3.8) is 0 Å². The van der Waals surface area contributed by atoms with Gasteiger partial charge in [0.1, 0.15) is 0 Å². The van der Waals surface area contributed by atoms with E-state index in [0.717, 1.165) is 27.8 Å². The molecule has 0 aliphatic rings. The first-order valence-electron chi connectivity index (χ1n) is 8.46. The van der Waals surface area contributed by atoms with Crippen molar-refractivity contribution in [2.75, 3.05) is 0 Å². The highest BCUT2D eigenvalue weighted by molar-refractivity contribution is 6.33. The van der Waals surface area contributed by atoms with Crippen LogP contribution < -0.4 is 5.56 Å². The van der Waals surface area contributed by atoms with Crippen LogP contribution in [-0.2, 0) is 12.8 Å². The molecule has 0 aliphatic carbocycles. The van der Waals surface area contributed by atoms with E-state index in [9.17, 15) is 4.79 Å². The molecule has 0 saturated heterocycles. The van der Waals surface area contributed by atoms with Gasteiger partial charge in [-0.1, -0.05) is 53.2 Å². The van der Waals surface area contributed by atoms with Crippen molar-refractivity contribution in [3.05, 3.63) is 98.7 Å². The van der Waals surface area contributed by atoms with Gasteiger partial charge in [-0.05, 0) is 34.9 Å². The van der Waals surface area contributed by atoms with Crippen molar-refractivity contribution in [2.24, 2.45) is 0 Å². The van der Waals surface area contributed by atoms with E-state index in [-0.39, 0.29) is 5.56 Å². The van der Waals surface area contributed by atoms with Gasteiger partial charge in [-0.3, -0.25) is 4.79 Å². The molecule has 4 rings (SSSR count). The Bertz CT molecular complexity index is 1100. The van der Waals surface area contributed by atoms with Gasteiger partial charge >= 0.3 is 0 Å². The molecule has 2 aromatic heterocycles. The molecule has 0 fully saturated rings. The summed E-state index contributed by atoms with van der Waals surface area (Å²) in [6, 6.07) is 17.6. The molecule has 0 amide bonds. The molecule has 2 aromatic carbocycles. The summed E-state index contributed by atoms with van der Waals surface area (Å²) in [6.45, 7) is 0. The normalized spacial score (nSPS) is 10.9. The van der Waals surface area contributed by atoms with Crippen LogP contribution in [0.4, 0.5) is 0 Å². The number of pyridine rings is 1. The minimum absolute atomic E-state index is 0.0696. The molecule has 0 unspecified atom stereocenters. The van der Waals surface area contributed by atoms with Gasteiger partial charge < -0.3 is 4.98 Å². The molecule has 0 atom stereocenters. The van der Waals surface area contributed by atoms with Gasteiger partial charge in [0.05, 0.1) is 0 Å². The summed E-state index contributed by atoms with van der Waals surface area (Å²) < 4.78 is 0. The van der Waals surface area contributed by atoms with Gasteiger partial charge in [-0.25, -0.2) is 0 Å². The highest BCUT2D eigenvalue weighted by Gasteiger charge is 2.08. The maximum absolute atomic E-state index is 11.9. The van der Waals surface area contributed by atoms with Crippen LogP contribution in [-0.4, -0.2) is 25.6 Å². The number of tetrazole rings is 1. The van der Waals surface area contributed by atoms with Crippen LogP contribution in [0.5, 0.6) is 0 Å². The van der Waals surface area contributed by atoms with E-state index < -0.39 is 0 Å². The summed E-state index contributed by atoms with van der Waals surface area (Å²) >= 11 is 6.42. The standard InChI is InChI=1S/C20H16ClN5O/c21-18-8-5-14(10-16-2-1-9-22-20(16)27)11-17(18)15-6-3-13(4-7-15)12-19-23-25-26-24-19/h1-9,11H,10,12H2,(H,22,27)(H,23,24,25,26). The Hall–Kier alpha value is -3.25. The molecule has 0 bridgehead atoms. The molecule has 27 heavy (non-hydrogen) atoms. The molecule has 0 radical (unpaired) electrons. The Kier molecular flexibility index (Phi) is 4.80. The Morgan fingerprint density at radius 1 is 0.963 bits per heavy atom. The molecule has 0 saturated carbocycles. The van der Waals surface area contributed by atoms with Crippen LogP contribution in [0.15, 0.2) is 65.6 Å². The van der Waals surface area contributed by atoms with Gasteiger partial charge in [-0.2, -0.15) is 5.21 Å². The molecule has 2 N–H and O–H groups in total. The quantitative estimate of drug-likeness (QED) is 0.558. The summed E-state index contributed by atoms with van der Waals surface area (Å²) in [6.07, 6.45) is 2.80. The molecule has 6 nitrogen and oxygen atoms in total. The lowest BCUT2D eigenvalue weighted by Gasteiger charge is -2.09. The van der Waals surface area contributed by atoms with E-state index in [0.29, 0.717) is 23.7 Å².